The molecule has 4 heterocycles. The molecule has 6 rings (SSSR count). The zero-order valence-electron chi connectivity index (χ0n) is 19.0. The van der Waals surface area contributed by atoms with Gasteiger partial charge in [-0.2, -0.15) is 0 Å². The Bertz CT molecular complexity index is 1230. The minimum absolute atomic E-state index is 0.0490. The fraction of sp³-hybridized carbons (Fsp3) is 0.423. The highest BCUT2D eigenvalue weighted by Crippen LogP contribution is 2.46. The Morgan fingerprint density at radius 1 is 1.17 bits per heavy atom. The first kappa shape index (κ1) is 22.5. The second kappa shape index (κ2) is 8.91. The average Bonchev–Trinajstić information content (AvgIpc) is 3.55. The molecular weight excluding hydrogens is 473 g/mol. The molecular formula is C26H25ClFN3O4. The standard InChI is InChI=1S/C26H25ClFN3O4/c27-20-2-1-3-21(28)23(20)24-19(25(35-30-24)14-4-5-14)13-34-18-10-16-7-8-17(11-18)31(16)22-9-6-15(12-29-22)26(32)33/h1-3,6,9,12,14,16-18H,4-5,7-8,10-11,13H2,(H,32,33). The number of aromatic carboxylic acids is 1. The number of fused-ring (bicyclic) bond motifs is 2. The molecule has 3 aliphatic rings. The fourth-order valence-electron chi connectivity index (χ4n) is 5.55. The van der Waals surface area contributed by atoms with Gasteiger partial charge in [-0.1, -0.05) is 22.8 Å². The number of aromatic nitrogens is 2. The summed E-state index contributed by atoms with van der Waals surface area (Å²) in [5.41, 5.74) is 1.66. The lowest BCUT2D eigenvalue weighted by Crippen LogP contribution is -2.46. The molecule has 0 radical (unpaired) electrons. The topological polar surface area (TPSA) is 88.7 Å². The van der Waals surface area contributed by atoms with Gasteiger partial charge in [-0.3, -0.25) is 0 Å². The average molecular weight is 498 g/mol. The van der Waals surface area contributed by atoms with Crippen molar-refractivity contribution in [3.63, 3.8) is 0 Å². The van der Waals surface area contributed by atoms with Gasteiger partial charge in [0.25, 0.3) is 0 Å². The van der Waals surface area contributed by atoms with Gasteiger partial charge in [-0.05, 0) is 62.8 Å². The van der Waals surface area contributed by atoms with Gasteiger partial charge in [0.05, 0.1) is 28.9 Å². The molecule has 1 N–H and O–H groups in total. The van der Waals surface area contributed by atoms with Crippen LogP contribution >= 0.6 is 11.6 Å². The van der Waals surface area contributed by atoms with E-state index in [0.717, 1.165) is 55.7 Å². The first-order valence-corrected chi connectivity index (χ1v) is 12.4. The summed E-state index contributed by atoms with van der Waals surface area (Å²) in [6, 6.07) is 8.57. The Hall–Kier alpha value is -2.97. The van der Waals surface area contributed by atoms with Crippen molar-refractivity contribution in [3.05, 3.63) is 64.3 Å². The molecule has 1 saturated carbocycles. The zero-order valence-corrected chi connectivity index (χ0v) is 19.7. The quantitative estimate of drug-likeness (QED) is 0.440. The van der Waals surface area contributed by atoms with Gasteiger partial charge >= 0.3 is 5.97 Å². The van der Waals surface area contributed by atoms with Crippen LogP contribution in [0.1, 0.15) is 66.1 Å². The highest BCUT2D eigenvalue weighted by atomic mass is 35.5. The maximum absolute atomic E-state index is 14.7. The van der Waals surface area contributed by atoms with E-state index < -0.39 is 11.8 Å². The molecule has 3 fully saturated rings. The third-order valence-corrected chi connectivity index (χ3v) is 7.69. The van der Waals surface area contributed by atoms with Crippen LogP contribution in [0, 0.1) is 5.82 Å². The van der Waals surface area contributed by atoms with Crippen molar-refractivity contribution in [1.82, 2.24) is 10.1 Å². The van der Waals surface area contributed by atoms with Crippen LogP contribution in [-0.4, -0.2) is 39.4 Å². The minimum Gasteiger partial charge on any atom is -0.478 e. The first-order valence-electron chi connectivity index (χ1n) is 12.0. The SMILES string of the molecule is O=C(O)c1ccc(N2C3CCC2CC(OCc2c(-c4c(F)cccc4Cl)noc2C2CC2)C3)nc1. The Balaban J connectivity index is 1.19. The molecule has 0 amide bonds. The normalized spacial score (nSPS) is 23.6. The van der Waals surface area contributed by atoms with Crippen LogP contribution in [0.5, 0.6) is 0 Å². The minimum atomic E-state index is -0.977. The lowest BCUT2D eigenvalue weighted by Gasteiger charge is -2.39. The molecule has 1 aliphatic carbocycles. The molecule has 2 saturated heterocycles. The van der Waals surface area contributed by atoms with Crippen molar-refractivity contribution in [2.45, 2.75) is 69.2 Å². The zero-order chi connectivity index (χ0) is 24.1. The second-order valence-electron chi connectivity index (χ2n) is 9.65. The summed E-state index contributed by atoms with van der Waals surface area (Å²) >= 11 is 6.33. The first-order chi connectivity index (χ1) is 17.0. The summed E-state index contributed by atoms with van der Waals surface area (Å²) in [4.78, 5) is 17.9. The van der Waals surface area contributed by atoms with E-state index in [9.17, 15) is 9.18 Å². The smallest absolute Gasteiger partial charge is 0.337 e. The Morgan fingerprint density at radius 3 is 2.57 bits per heavy atom. The number of hydrogen-bond donors (Lipinski definition) is 1. The molecule has 3 aromatic rings. The molecule has 2 unspecified atom stereocenters. The number of benzene rings is 1. The summed E-state index contributed by atoms with van der Waals surface area (Å²) in [6.45, 7) is 0.297. The van der Waals surface area contributed by atoms with Crippen LogP contribution < -0.4 is 4.90 Å². The number of carboxylic acids is 1. The number of rotatable bonds is 7. The third-order valence-electron chi connectivity index (χ3n) is 7.38. The molecule has 2 aromatic heterocycles. The molecule has 1 aromatic carbocycles. The van der Waals surface area contributed by atoms with Crippen molar-refractivity contribution in [2.24, 2.45) is 0 Å². The second-order valence-corrected chi connectivity index (χ2v) is 10.1. The van der Waals surface area contributed by atoms with Crippen LogP contribution in [0.3, 0.4) is 0 Å². The lowest BCUT2D eigenvalue weighted by atomic mass is 9.99. The number of piperidine rings is 1. The molecule has 35 heavy (non-hydrogen) atoms. The van der Waals surface area contributed by atoms with E-state index in [2.05, 4.69) is 15.0 Å². The summed E-state index contributed by atoms with van der Waals surface area (Å²) in [7, 11) is 0. The van der Waals surface area contributed by atoms with Gasteiger partial charge in [0.15, 0.2) is 0 Å². The van der Waals surface area contributed by atoms with Gasteiger partial charge < -0.3 is 19.3 Å². The summed E-state index contributed by atoms with van der Waals surface area (Å²) in [5, 5.41) is 13.7. The Morgan fingerprint density at radius 2 is 1.94 bits per heavy atom. The van der Waals surface area contributed by atoms with Crippen molar-refractivity contribution in [2.75, 3.05) is 4.90 Å². The Kier molecular flexibility index (Phi) is 5.73. The monoisotopic (exact) mass is 497 g/mol. The number of anilines is 1. The van der Waals surface area contributed by atoms with Crippen LogP contribution in [0.25, 0.3) is 11.3 Å². The fourth-order valence-corrected chi connectivity index (χ4v) is 5.80. The highest BCUT2D eigenvalue weighted by Gasteiger charge is 2.42. The van der Waals surface area contributed by atoms with Crippen LogP contribution in [-0.2, 0) is 11.3 Å². The summed E-state index contributed by atoms with van der Waals surface area (Å²) < 4.78 is 26.7. The number of ether oxygens (including phenoxy) is 1. The van der Waals surface area contributed by atoms with Gasteiger partial charge in [0, 0.05) is 29.8 Å². The number of carbonyl (C=O) groups is 1. The van der Waals surface area contributed by atoms with E-state index >= 15 is 0 Å². The molecule has 2 atom stereocenters. The number of hydrogen-bond acceptors (Lipinski definition) is 6. The molecule has 2 bridgehead atoms. The number of halogens is 2. The van der Waals surface area contributed by atoms with E-state index in [0.29, 0.717) is 23.2 Å². The van der Waals surface area contributed by atoms with E-state index in [1.165, 1.54) is 12.3 Å². The maximum atomic E-state index is 14.7. The van der Waals surface area contributed by atoms with Gasteiger partial charge in [0.2, 0.25) is 0 Å². The molecule has 0 spiro atoms. The number of carboxylic acid groups (broad SMARTS) is 1. The van der Waals surface area contributed by atoms with Crippen molar-refractivity contribution < 1.29 is 23.6 Å². The van der Waals surface area contributed by atoms with Crippen molar-refractivity contribution >= 4 is 23.4 Å². The third kappa shape index (κ3) is 4.19. The van der Waals surface area contributed by atoms with E-state index in [1.54, 1.807) is 24.3 Å². The number of pyridine rings is 1. The highest BCUT2D eigenvalue weighted by molar-refractivity contribution is 6.33. The van der Waals surface area contributed by atoms with Crippen LogP contribution in [0.15, 0.2) is 41.1 Å². The van der Waals surface area contributed by atoms with Crippen LogP contribution in [0.4, 0.5) is 10.2 Å². The predicted octanol–water partition coefficient (Wildman–Crippen LogP) is 5.82. The number of nitrogens with zero attached hydrogens (tertiary/aromatic N) is 3. The largest absolute Gasteiger partial charge is 0.478 e. The Labute approximate surface area is 206 Å². The summed E-state index contributed by atoms with van der Waals surface area (Å²) in [6.07, 6.45) is 7.31. The summed E-state index contributed by atoms with van der Waals surface area (Å²) in [5.74, 6) is 0.491. The van der Waals surface area contributed by atoms with E-state index in [1.807, 2.05) is 0 Å². The van der Waals surface area contributed by atoms with Crippen LogP contribution in [0.2, 0.25) is 5.02 Å². The van der Waals surface area contributed by atoms with E-state index in [4.69, 9.17) is 26.0 Å². The maximum Gasteiger partial charge on any atom is 0.337 e. The van der Waals surface area contributed by atoms with Crippen molar-refractivity contribution in [3.8, 4) is 11.3 Å². The van der Waals surface area contributed by atoms with E-state index in [-0.39, 0.29) is 29.3 Å². The molecule has 7 nitrogen and oxygen atoms in total. The van der Waals surface area contributed by atoms with Gasteiger partial charge in [-0.25, -0.2) is 14.2 Å². The predicted molar refractivity (Wildman–Crippen MR) is 127 cm³/mol. The molecule has 182 valence electrons. The lowest BCUT2D eigenvalue weighted by molar-refractivity contribution is 0.0146. The molecule has 9 heteroatoms. The van der Waals surface area contributed by atoms with Crippen molar-refractivity contribution in [1.29, 1.82) is 0 Å². The van der Waals surface area contributed by atoms with Gasteiger partial charge in [0.1, 0.15) is 23.1 Å². The molecule has 2 aliphatic heterocycles. The van der Waals surface area contributed by atoms with Gasteiger partial charge in [-0.15, -0.1) is 0 Å².